The van der Waals surface area contributed by atoms with Crippen LogP contribution in [0.2, 0.25) is 0 Å². The number of piperazine rings is 1. The SMILES string of the molecule is CCN1CCN(c2ccc(CNC(=NC)NCc3cc(C)ccc3OC(F)F)cn2)CC1.I. The number of rotatable bonds is 8. The summed E-state index contributed by atoms with van der Waals surface area (Å²) in [5, 5.41) is 6.38. The first kappa shape index (κ1) is 27.0. The highest BCUT2D eigenvalue weighted by atomic mass is 127. The Hall–Kier alpha value is -2.21. The average Bonchev–Trinajstić information content (AvgIpc) is 2.81. The molecule has 0 radical (unpaired) electrons. The molecule has 1 aromatic heterocycles. The van der Waals surface area contributed by atoms with E-state index in [2.05, 4.69) is 54.2 Å². The van der Waals surface area contributed by atoms with Crippen molar-refractivity contribution < 1.29 is 13.5 Å². The van der Waals surface area contributed by atoms with Gasteiger partial charge in [0, 0.05) is 58.1 Å². The van der Waals surface area contributed by atoms with Gasteiger partial charge in [0.15, 0.2) is 5.96 Å². The second-order valence-electron chi connectivity index (χ2n) is 7.71. The summed E-state index contributed by atoms with van der Waals surface area (Å²) in [6.07, 6.45) is 1.87. The van der Waals surface area contributed by atoms with Crippen LogP contribution in [0.5, 0.6) is 5.75 Å². The second kappa shape index (κ2) is 13.5. The Morgan fingerprint density at radius 1 is 1.12 bits per heavy atom. The third kappa shape index (κ3) is 8.26. The quantitative estimate of drug-likeness (QED) is 0.286. The highest BCUT2D eigenvalue weighted by Crippen LogP contribution is 2.22. The number of hydrogen-bond acceptors (Lipinski definition) is 5. The van der Waals surface area contributed by atoms with E-state index in [4.69, 9.17) is 0 Å². The molecule has 0 spiro atoms. The van der Waals surface area contributed by atoms with Crippen molar-refractivity contribution in [2.75, 3.05) is 44.7 Å². The number of nitrogens with zero attached hydrogens (tertiary/aromatic N) is 4. The number of ether oxygens (including phenoxy) is 1. The van der Waals surface area contributed by atoms with Gasteiger partial charge in [0.1, 0.15) is 11.6 Å². The summed E-state index contributed by atoms with van der Waals surface area (Å²) in [7, 11) is 1.67. The number of alkyl halides is 2. The number of halogens is 3. The number of aryl methyl sites for hydroxylation is 1. The van der Waals surface area contributed by atoms with Gasteiger partial charge in [-0.1, -0.05) is 30.7 Å². The molecule has 10 heteroatoms. The van der Waals surface area contributed by atoms with Crippen LogP contribution in [-0.2, 0) is 13.1 Å². The fourth-order valence-electron chi connectivity index (χ4n) is 3.64. The number of hydrogen-bond donors (Lipinski definition) is 2. The first-order valence-corrected chi connectivity index (χ1v) is 10.9. The first-order chi connectivity index (χ1) is 15.5. The lowest BCUT2D eigenvalue weighted by Gasteiger charge is -2.34. The van der Waals surface area contributed by atoms with Crippen molar-refractivity contribution in [2.24, 2.45) is 4.99 Å². The van der Waals surface area contributed by atoms with Gasteiger partial charge in [-0.2, -0.15) is 8.78 Å². The zero-order valence-corrected chi connectivity index (χ0v) is 21.7. The zero-order chi connectivity index (χ0) is 22.9. The third-order valence-corrected chi connectivity index (χ3v) is 5.51. The lowest BCUT2D eigenvalue weighted by Crippen LogP contribution is -2.46. The maximum atomic E-state index is 12.7. The minimum Gasteiger partial charge on any atom is -0.434 e. The summed E-state index contributed by atoms with van der Waals surface area (Å²) in [6.45, 7) is 7.29. The number of aromatic nitrogens is 1. The fourth-order valence-corrected chi connectivity index (χ4v) is 3.64. The van der Waals surface area contributed by atoms with E-state index in [0.29, 0.717) is 24.6 Å². The Morgan fingerprint density at radius 3 is 2.45 bits per heavy atom. The largest absolute Gasteiger partial charge is 0.434 e. The van der Waals surface area contributed by atoms with Crippen molar-refractivity contribution in [2.45, 2.75) is 33.5 Å². The van der Waals surface area contributed by atoms with E-state index >= 15 is 0 Å². The standard InChI is InChI=1S/C23H32F2N6O.HI/c1-4-30-9-11-31(12-10-30)21-8-6-18(14-27-21)15-28-23(26-3)29-16-19-13-17(2)5-7-20(19)32-22(24)25;/h5-8,13-14,22H,4,9-12,15-16H2,1-3H3,(H2,26,28,29);1H. The zero-order valence-electron chi connectivity index (χ0n) is 19.4. The summed E-state index contributed by atoms with van der Waals surface area (Å²) in [6, 6.07) is 9.24. The molecule has 0 unspecified atom stereocenters. The number of benzene rings is 1. The minimum atomic E-state index is -2.86. The van der Waals surface area contributed by atoms with Crippen LogP contribution in [0.4, 0.5) is 14.6 Å². The highest BCUT2D eigenvalue weighted by Gasteiger charge is 2.16. The van der Waals surface area contributed by atoms with Crippen LogP contribution in [0.3, 0.4) is 0 Å². The van der Waals surface area contributed by atoms with E-state index in [-0.39, 0.29) is 29.7 Å². The number of aliphatic imine (C=N–C) groups is 1. The van der Waals surface area contributed by atoms with Crippen LogP contribution in [0.15, 0.2) is 41.5 Å². The lowest BCUT2D eigenvalue weighted by molar-refractivity contribution is -0.0504. The molecule has 2 N–H and O–H groups in total. The molecule has 1 fully saturated rings. The third-order valence-electron chi connectivity index (χ3n) is 5.51. The molecular formula is C23H33F2IN6O. The van der Waals surface area contributed by atoms with Gasteiger partial charge in [-0.05, 0) is 31.2 Å². The van der Waals surface area contributed by atoms with Gasteiger partial charge in [-0.25, -0.2) is 4.98 Å². The average molecular weight is 574 g/mol. The van der Waals surface area contributed by atoms with Crippen molar-refractivity contribution in [1.29, 1.82) is 0 Å². The van der Waals surface area contributed by atoms with Crippen molar-refractivity contribution in [3.05, 3.63) is 53.2 Å². The predicted molar refractivity (Wildman–Crippen MR) is 139 cm³/mol. The minimum absolute atomic E-state index is 0. The Morgan fingerprint density at radius 2 is 1.85 bits per heavy atom. The number of anilines is 1. The maximum Gasteiger partial charge on any atom is 0.387 e. The Balaban J connectivity index is 0.00000385. The Labute approximate surface area is 211 Å². The molecule has 33 heavy (non-hydrogen) atoms. The van der Waals surface area contributed by atoms with Gasteiger partial charge in [0.05, 0.1) is 0 Å². The Kier molecular flexibility index (Phi) is 11.0. The van der Waals surface area contributed by atoms with Crippen LogP contribution >= 0.6 is 24.0 Å². The number of likely N-dealkylation sites (N-methyl/N-ethyl adjacent to an activating group) is 1. The van der Waals surface area contributed by atoms with E-state index in [1.165, 1.54) is 0 Å². The molecule has 182 valence electrons. The van der Waals surface area contributed by atoms with E-state index in [0.717, 1.165) is 49.7 Å². The molecule has 0 amide bonds. The molecule has 0 atom stereocenters. The molecule has 3 rings (SSSR count). The molecule has 1 saturated heterocycles. The first-order valence-electron chi connectivity index (χ1n) is 10.9. The summed E-state index contributed by atoms with van der Waals surface area (Å²) >= 11 is 0. The van der Waals surface area contributed by atoms with Gasteiger partial charge < -0.3 is 25.2 Å². The summed E-state index contributed by atoms with van der Waals surface area (Å²) < 4.78 is 30.0. The summed E-state index contributed by atoms with van der Waals surface area (Å²) in [5.74, 6) is 1.72. The molecule has 2 heterocycles. The molecular weight excluding hydrogens is 541 g/mol. The van der Waals surface area contributed by atoms with Crippen molar-refractivity contribution in [3.63, 3.8) is 0 Å². The van der Waals surface area contributed by atoms with Gasteiger partial charge in [-0.3, -0.25) is 4.99 Å². The number of nitrogens with one attached hydrogen (secondary N) is 2. The van der Waals surface area contributed by atoms with Gasteiger partial charge in [0.2, 0.25) is 0 Å². The molecule has 0 bridgehead atoms. The lowest BCUT2D eigenvalue weighted by atomic mass is 10.1. The highest BCUT2D eigenvalue weighted by molar-refractivity contribution is 14.0. The molecule has 0 saturated carbocycles. The number of pyridine rings is 1. The van der Waals surface area contributed by atoms with Crippen LogP contribution in [-0.4, -0.2) is 62.2 Å². The maximum absolute atomic E-state index is 12.7. The van der Waals surface area contributed by atoms with Crippen LogP contribution in [0.25, 0.3) is 0 Å². The van der Waals surface area contributed by atoms with Crippen molar-refractivity contribution in [3.8, 4) is 5.75 Å². The van der Waals surface area contributed by atoms with Crippen LogP contribution in [0.1, 0.15) is 23.6 Å². The fraction of sp³-hybridized carbons (Fsp3) is 0.478. The summed E-state index contributed by atoms with van der Waals surface area (Å²) in [4.78, 5) is 13.6. The van der Waals surface area contributed by atoms with E-state index in [9.17, 15) is 8.78 Å². The Bertz CT molecular complexity index is 889. The molecule has 1 aromatic carbocycles. The van der Waals surface area contributed by atoms with Gasteiger partial charge in [0.25, 0.3) is 0 Å². The van der Waals surface area contributed by atoms with E-state index in [1.807, 2.05) is 19.2 Å². The molecule has 0 aliphatic carbocycles. The molecule has 7 nitrogen and oxygen atoms in total. The van der Waals surface area contributed by atoms with Crippen molar-refractivity contribution in [1.82, 2.24) is 20.5 Å². The monoisotopic (exact) mass is 574 g/mol. The second-order valence-corrected chi connectivity index (χ2v) is 7.71. The van der Waals surface area contributed by atoms with Gasteiger partial charge in [-0.15, -0.1) is 24.0 Å². The topological polar surface area (TPSA) is 65.0 Å². The normalized spacial score (nSPS) is 14.7. The van der Waals surface area contributed by atoms with Crippen LogP contribution in [0, 0.1) is 6.92 Å². The molecule has 1 aliphatic heterocycles. The smallest absolute Gasteiger partial charge is 0.387 e. The number of guanidine groups is 1. The van der Waals surface area contributed by atoms with E-state index < -0.39 is 6.61 Å². The van der Waals surface area contributed by atoms with Crippen molar-refractivity contribution >= 4 is 35.8 Å². The molecule has 1 aliphatic rings. The molecule has 2 aromatic rings. The van der Waals surface area contributed by atoms with Crippen LogP contribution < -0.4 is 20.3 Å². The van der Waals surface area contributed by atoms with Gasteiger partial charge >= 0.3 is 6.61 Å². The predicted octanol–water partition coefficient (Wildman–Crippen LogP) is 3.62. The van der Waals surface area contributed by atoms with E-state index in [1.54, 1.807) is 19.2 Å². The summed E-state index contributed by atoms with van der Waals surface area (Å²) in [5.41, 5.74) is 2.64.